The molecule has 3 amide bonds. The first kappa shape index (κ1) is 21.6. The summed E-state index contributed by atoms with van der Waals surface area (Å²) < 4.78 is 5.13. The highest BCUT2D eigenvalue weighted by atomic mass is 16.5. The molecule has 0 aliphatic carbocycles. The van der Waals surface area contributed by atoms with E-state index in [1.165, 1.54) is 0 Å². The molecule has 1 aromatic carbocycles. The molecule has 1 aromatic rings. The lowest BCUT2D eigenvalue weighted by molar-refractivity contribution is -0.152. The number of hydrogen-bond donors (Lipinski definition) is 1. The minimum Gasteiger partial charge on any atom is -0.454 e. The first-order valence-electron chi connectivity index (χ1n) is 9.77. The lowest BCUT2D eigenvalue weighted by Gasteiger charge is -2.25. The lowest BCUT2D eigenvalue weighted by Crippen LogP contribution is -2.47. The summed E-state index contributed by atoms with van der Waals surface area (Å²) >= 11 is 0. The van der Waals surface area contributed by atoms with Crippen LogP contribution in [-0.2, 0) is 14.3 Å². The van der Waals surface area contributed by atoms with Crippen LogP contribution in [0.2, 0.25) is 0 Å². The predicted molar refractivity (Wildman–Crippen MR) is 104 cm³/mol. The molecular weight excluding hydrogens is 360 g/mol. The Morgan fingerprint density at radius 1 is 1.07 bits per heavy atom. The fourth-order valence-corrected chi connectivity index (χ4v) is 3.13. The van der Waals surface area contributed by atoms with E-state index in [4.69, 9.17) is 4.74 Å². The van der Waals surface area contributed by atoms with E-state index in [1.54, 1.807) is 24.3 Å². The molecule has 0 saturated carbocycles. The van der Waals surface area contributed by atoms with Gasteiger partial charge >= 0.3 is 5.97 Å². The van der Waals surface area contributed by atoms with E-state index in [0.717, 1.165) is 24.2 Å². The van der Waals surface area contributed by atoms with Gasteiger partial charge in [-0.25, -0.2) is 4.79 Å². The van der Waals surface area contributed by atoms with Gasteiger partial charge in [0.25, 0.3) is 17.7 Å². The zero-order valence-electron chi connectivity index (χ0n) is 16.7. The van der Waals surface area contributed by atoms with Gasteiger partial charge in [-0.3, -0.25) is 19.3 Å². The molecule has 152 valence electrons. The van der Waals surface area contributed by atoms with E-state index in [0.29, 0.717) is 6.54 Å². The van der Waals surface area contributed by atoms with Crippen molar-refractivity contribution in [1.29, 1.82) is 0 Å². The minimum absolute atomic E-state index is 0.0460. The van der Waals surface area contributed by atoms with Crippen LogP contribution in [0.3, 0.4) is 0 Å². The molecule has 2 rings (SSSR count). The van der Waals surface area contributed by atoms with Gasteiger partial charge in [0.2, 0.25) is 0 Å². The third kappa shape index (κ3) is 5.18. The third-order valence-electron chi connectivity index (χ3n) is 4.55. The number of amides is 3. The number of fused-ring (bicyclic) bond motifs is 1. The Kier molecular flexibility index (Phi) is 7.72. The SMILES string of the molecule is CCCCCNC(=O)COC(=O)[C@@H](CC(C)C)N1C(=O)c2ccccc2C1=O. The first-order valence-corrected chi connectivity index (χ1v) is 9.77. The molecule has 0 aromatic heterocycles. The molecule has 0 fully saturated rings. The van der Waals surface area contributed by atoms with Crippen molar-refractivity contribution in [2.24, 2.45) is 5.92 Å². The number of carbonyl (C=O) groups excluding carboxylic acids is 4. The molecule has 1 atom stereocenters. The maximum Gasteiger partial charge on any atom is 0.329 e. The Hall–Kier alpha value is -2.70. The second-order valence-corrected chi connectivity index (χ2v) is 7.34. The molecule has 7 heteroatoms. The highest BCUT2D eigenvalue weighted by Crippen LogP contribution is 2.27. The van der Waals surface area contributed by atoms with Crippen molar-refractivity contribution in [2.75, 3.05) is 13.2 Å². The number of benzene rings is 1. The number of esters is 1. The van der Waals surface area contributed by atoms with Crippen LogP contribution in [0.4, 0.5) is 0 Å². The van der Waals surface area contributed by atoms with Crippen LogP contribution in [0.1, 0.15) is 67.2 Å². The smallest absolute Gasteiger partial charge is 0.329 e. The second kappa shape index (κ2) is 10.0. The molecule has 0 saturated heterocycles. The number of nitrogens with zero attached hydrogens (tertiary/aromatic N) is 1. The molecule has 1 aliphatic heterocycles. The number of nitrogens with one attached hydrogen (secondary N) is 1. The zero-order valence-corrected chi connectivity index (χ0v) is 16.7. The molecule has 1 N–H and O–H groups in total. The second-order valence-electron chi connectivity index (χ2n) is 7.34. The molecule has 0 unspecified atom stereocenters. The van der Waals surface area contributed by atoms with Crippen molar-refractivity contribution >= 4 is 23.7 Å². The number of imide groups is 1. The first-order chi connectivity index (χ1) is 13.4. The third-order valence-corrected chi connectivity index (χ3v) is 4.55. The molecule has 1 aliphatic rings. The van der Waals surface area contributed by atoms with E-state index in [9.17, 15) is 19.2 Å². The summed E-state index contributed by atoms with van der Waals surface area (Å²) in [6, 6.07) is 5.42. The van der Waals surface area contributed by atoms with Crippen molar-refractivity contribution < 1.29 is 23.9 Å². The Morgan fingerprint density at radius 3 is 2.21 bits per heavy atom. The quantitative estimate of drug-likeness (QED) is 0.378. The largest absolute Gasteiger partial charge is 0.454 e. The van der Waals surface area contributed by atoms with E-state index in [-0.39, 0.29) is 23.5 Å². The summed E-state index contributed by atoms with van der Waals surface area (Å²) in [4.78, 5) is 50.8. The Bertz CT molecular complexity index is 709. The van der Waals surface area contributed by atoms with Gasteiger partial charge in [0.15, 0.2) is 6.61 Å². The number of unbranched alkanes of at least 4 members (excludes halogenated alkanes) is 2. The van der Waals surface area contributed by atoms with E-state index in [1.807, 2.05) is 13.8 Å². The van der Waals surface area contributed by atoms with Gasteiger partial charge in [-0.1, -0.05) is 45.7 Å². The maximum absolute atomic E-state index is 12.7. The number of carbonyl (C=O) groups is 4. The van der Waals surface area contributed by atoms with Crippen molar-refractivity contribution in [1.82, 2.24) is 10.2 Å². The number of ether oxygens (including phenoxy) is 1. The van der Waals surface area contributed by atoms with E-state index < -0.39 is 36.3 Å². The number of rotatable bonds is 10. The van der Waals surface area contributed by atoms with Crippen molar-refractivity contribution in [3.8, 4) is 0 Å². The summed E-state index contributed by atoms with van der Waals surface area (Å²) in [7, 11) is 0. The van der Waals surface area contributed by atoms with Crippen LogP contribution in [-0.4, -0.2) is 47.8 Å². The Balaban J connectivity index is 2.04. The Morgan fingerprint density at radius 2 is 1.68 bits per heavy atom. The monoisotopic (exact) mass is 388 g/mol. The van der Waals surface area contributed by atoms with Crippen molar-refractivity contribution in [3.05, 3.63) is 35.4 Å². The fourth-order valence-electron chi connectivity index (χ4n) is 3.13. The summed E-state index contributed by atoms with van der Waals surface area (Å²) in [5.41, 5.74) is 0.561. The van der Waals surface area contributed by atoms with Gasteiger partial charge in [0.05, 0.1) is 11.1 Å². The fraction of sp³-hybridized carbons (Fsp3) is 0.524. The lowest BCUT2D eigenvalue weighted by atomic mass is 10.0. The number of hydrogen-bond acceptors (Lipinski definition) is 5. The highest BCUT2D eigenvalue weighted by Gasteiger charge is 2.43. The predicted octanol–water partition coefficient (Wildman–Crippen LogP) is 2.55. The zero-order chi connectivity index (χ0) is 20.7. The molecule has 0 radical (unpaired) electrons. The minimum atomic E-state index is -1.06. The van der Waals surface area contributed by atoms with Gasteiger partial charge < -0.3 is 10.1 Å². The van der Waals surface area contributed by atoms with Gasteiger partial charge in [-0.15, -0.1) is 0 Å². The van der Waals surface area contributed by atoms with Crippen LogP contribution >= 0.6 is 0 Å². The molecule has 0 bridgehead atoms. The summed E-state index contributed by atoms with van der Waals surface area (Å²) in [6.45, 7) is 5.94. The van der Waals surface area contributed by atoms with Gasteiger partial charge in [-0.05, 0) is 30.9 Å². The van der Waals surface area contributed by atoms with Crippen LogP contribution in [0.5, 0.6) is 0 Å². The average molecular weight is 388 g/mol. The van der Waals surface area contributed by atoms with Crippen molar-refractivity contribution in [3.63, 3.8) is 0 Å². The van der Waals surface area contributed by atoms with Crippen LogP contribution in [0.25, 0.3) is 0 Å². The molecular formula is C21H28N2O5. The Labute approximate surface area is 165 Å². The molecule has 7 nitrogen and oxygen atoms in total. The molecule has 0 spiro atoms. The standard InChI is InChI=1S/C21H28N2O5/c1-4-5-8-11-22-18(24)13-28-21(27)17(12-14(2)3)23-19(25)15-9-6-7-10-16(15)20(23)26/h6-7,9-10,14,17H,4-5,8,11-13H2,1-3H3,(H,22,24)/t17-/m1/s1. The maximum atomic E-state index is 12.7. The van der Waals surface area contributed by atoms with Gasteiger partial charge in [-0.2, -0.15) is 0 Å². The van der Waals surface area contributed by atoms with Crippen molar-refractivity contribution in [2.45, 2.75) is 52.5 Å². The van der Waals surface area contributed by atoms with E-state index >= 15 is 0 Å². The van der Waals surface area contributed by atoms with E-state index in [2.05, 4.69) is 12.2 Å². The van der Waals surface area contributed by atoms with Crippen LogP contribution in [0, 0.1) is 5.92 Å². The topological polar surface area (TPSA) is 92.8 Å². The molecule has 1 heterocycles. The van der Waals surface area contributed by atoms with Crippen LogP contribution in [0.15, 0.2) is 24.3 Å². The summed E-state index contributed by atoms with van der Waals surface area (Å²) in [6.07, 6.45) is 3.18. The summed E-state index contributed by atoms with van der Waals surface area (Å²) in [5, 5.41) is 2.69. The normalized spacial score (nSPS) is 14.2. The van der Waals surface area contributed by atoms with Crippen LogP contribution < -0.4 is 5.32 Å². The van der Waals surface area contributed by atoms with Gasteiger partial charge in [0, 0.05) is 6.54 Å². The highest BCUT2D eigenvalue weighted by molar-refractivity contribution is 6.22. The molecule has 28 heavy (non-hydrogen) atoms. The summed E-state index contributed by atoms with van der Waals surface area (Å²) in [5.74, 6) is -2.11. The average Bonchev–Trinajstić information content (AvgIpc) is 2.92. The van der Waals surface area contributed by atoms with Gasteiger partial charge in [0.1, 0.15) is 6.04 Å².